The van der Waals surface area contributed by atoms with Crippen molar-refractivity contribution in [1.29, 1.82) is 0 Å². The van der Waals surface area contributed by atoms with Crippen LogP contribution in [0.5, 0.6) is 0 Å². The van der Waals surface area contributed by atoms with E-state index in [-0.39, 0.29) is 12.0 Å². The lowest BCUT2D eigenvalue weighted by Gasteiger charge is -2.25. The lowest BCUT2D eigenvalue weighted by Crippen LogP contribution is -2.38. The van der Waals surface area contributed by atoms with E-state index in [0.29, 0.717) is 13.1 Å². The number of nitrogens with two attached hydrogens (primary N) is 1. The molecule has 0 spiro atoms. The van der Waals surface area contributed by atoms with Crippen LogP contribution in [0.4, 0.5) is 13.2 Å². The van der Waals surface area contributed by atoms with Crippen molar-refractivity contribution in [3.63, 3.8) is 0 Å². The Hall–Kier alpha value is -0.550. The van der Waals surface area contributed by atoms with Crippen molar-refractivity contribution in [1.82, 2.24) is 4.90 Å². The lowest BCUT2D eigenvalue weighted by molar-refractivity contribution is -0.146. The Labute approximate surface area is 94.3 Å². The highest BCUT2D eigenvalue weighted by atomic mass is 19.4. The van der Waals surface area contributed by atoms with Crippen LogP contribution in [0.3, 0.4) is 0 Å². The normalized spacial score (nSPS) is 25.6. The summed E-state index contributed by atoms with van der Waals surface area (Å²) in [7, 11) is 0. The second kappa shape index (κ2) is 5.68. The Bertz CT molecular complexity index is 238. The third-order valence-electron chi connectivity index (χ3n) is 2.64. The summed E-state index contributed by atoms with van der Waals surface area (Å²) in [6.07, 6.45) is 1.20. The van der Waals surface area contributed by atoms with Crippen LogP contribution in [-0.4, -0.2) is 36.8 Å². The molecule has 2 atom stereocenters. The summed E-state index contributed by atoms with van der Waals surface area (Å²) < 4.78 is 36.9. The zero-order chi connectivity index (χ0) is 12.2. The van der Waals surface area contributed by atoms with Gasteiger partial charge in [0.05, 0.1) is 6.54 Å². The van der Waals surface area contributed by atoms with Gasteiger partial charge in [0.25, 0.3) is 0 Å². The van der Waals surface area contributed by atoms with Crippen LogP contribution in [0.2, 0.25) is 0 Å². The van der Waals surface area contributed by atoms with E-state index in [2.05, 4.69) is 0 Å². The molecular weight excluding hydrogens is 217 g/mol. The molecule has 0 heterocycles. The maximum atomic E-state index is 12.3. The molecule has 0 fully saturated rings. The maximum absolute atomic E-state index is 12.3. The van der Waals surface area contributed by atoms with Crippen molar-refractivity contribution in [2.24, 2.45) is 11.7 Å². The van der Waals surface area contributed by atoms with Crippen molar-refractivity contribution in [3.8, 4) is 0 Å². The minimum absolute atomic E-state index is 0.0133. The van der Waals surface area contributed by atoms with Gasteiger partial charge in [-0.05, 0) is 25.3 Å². The van der Waals surface area contributed by atoms with Crippen LogP contribution in [0.15, 0.2) is 12.2 Å². The minimum atomic E-state index is -4.11. The van der Waals surface area contributed by atoms with Gasteiger partial charge in [-0.15, -0.1) is 0 Å². The summed E-state index contributed by atoms with van der Waals surface area (Å²) in [5, 5.41) is 0. The highest BCUT2D eigenvalue weighted by Crippen LogP contribution is 2.21. The number of nitrogens with zero attached hydrogens (tertiary/aromatic N) is 1. The third kappa shape index (κ3) is 4.99. The number of hydrogen-bond acceptors (Lipinski definition) is 2. The second-order valence-electron chi connectivity index (χ2n) is 4.39. The fourth-order valence-corrected chi connectivity index (χ4v) is 2.08. The average Bonchev–Trinajstić information content (AvgIpc) is 2.48. The van der Waals surface area contributed by atoms with E-state index < -0.39 is 12.7 Å². The van der Waals surface area contributed by atoms with E-state index in [9.17, 15) is 13.2 Å². The Morgan fingerprint density at radius 3 is 2.50 bits per heavy atom. The molecule has 0 saturated carbocycles. The van der Waals surface area contributed by atoms with Crippen molar-refractivity contribution in [2.45, 2.75) is 32.0 Å². The first kappa shape index (κ1) is 13.5. The predicted molar refractivity (Wildman–Crippen MR) is 58.0 cm³/mol. The van der Waals surface area contributed by atoms with Gasteiger partial charge in [0, 0.05) is 12.6 Å². The van der Waals surface area contributed by atoms with Crippen LogP contribution >= 0.6 is 0 Å². The smallest absolute Gasteiger partial charge is 0.324 e. The molecule has 0 amide bonds. The zero-order valence-electron chi connectivity index (χ0n) is 9.50. The fraction of sp³-hybridized carbons (Fsp3) is 0.818. The van der Waals surface area contributed by atoms with Gasteiger partial charge in [-0.1, -0.05) is 19.1 Å². The second-order valence-corrected chi connectivity index (χ2v) is 4.39. The molecular formula is C11H19F3N2. The zero-order valence-corrected chi connectivity index (χ0v) is 9.50. The molecule has 0 aromatic carbocycles. The highest BCUT2D eigenvalue weighted by molar-refractivity contribution is 5.05. The average molecular weight is 236 g/mol. The first-order valence-corrected chi connectivity index (χ1v) is 5.63. The summed E-state index contributed by atoms with van der Waals surface area (Å²) in [5.41, 5.74) is 5.67. The minimum Gasteiger partial charge on any atom is -0.324 e. The fourth-order valence-electron chi connectivity index (χ4n) is 2.08. The van der Waals surface area contributed by atoms with Gasteiger partial charge in [-0.2, -0.15) is 13.2 Å². The molecule has 1 rings (SSSR count). The quantitative estimate of drug-likeness (QED) is 0.741. The number of hydrogen-bond donors (Lipinski definition) is 1. The molecule has 0 aromatic rings. The molecule has 2 unspecified atom stereocenters. The number of halogens is 3. The third-order valence-corrected chi connectivity index (χ3v) is 2.64. The summed E-state index contributed by atoms with van der Waals surface area (Å²) in [6.45, 7) is 2.01. The number of rotatable bonds is 5. The summed E-state index contributed by atoms with van der Waals surface area (Å²) in [6, 6.07) is 0.0133. The summed E-state index contributed by atoms with van der Waals surface area (Å²) in [5.74, 6) is 0.170. The van der Waals surface area contributed by atoms with Crippen LogP contribution in [0.1, 0.15) is 19.8 Å². The highest BCUT2D eigenvalue weighted by Gasteiger charge is 2.31. The summed E-state index contributed by atoms with van der Waals surface area (Å²) in [4.78, 5) is 1.47. The Morgan fingerprint density at radius 2 is 2.06 bits per heavy atom. The van der Waals surface area contributed by atoms with Crippen molar-refractivity contribution < 1.29 is 13.2 Å². The first-order chi connectivity index (χ1) is 7.40. The van der Waals surface area contributed by atoms with Gasteiger partial charge >= 0.3 is 6.18 Å². The van der Waals surface area contributed by atoms with E-state index in [1.165, 1.54) is 4.90 Å². The number of alkyl halides is 3. The standard InChI is InChI=1S/C11H19F3N2/c1-2-5-16(8-11(12,13)14)7-9-3-4-10(15)6-9/h3-4,9-10H,2,5-8,15H2,1H3. The molecule has 94 valence electrons. The molecule has 5 heteroatoms. The Balaban J connectivity index is 2.42. The van der Waals surface area contributed by atoms with Crippen molar-refractivity contribution in [2.75, 3.05) is 19.6 Å². The topological polar surface area (TPSA) is 29.3 Å². The van der Waals surface area contributed by atoms with E-state index >= 15 is 0 Å². The lowest BCUT2D eigenvalue weighted by atomic mass is 10.1. The van der Waals surface area contributed by atoms with E-state index in [1.807, 2.05) is 19.1 Å². The predicted octanol–water partition coefficient (Wildman–Crippen LogP) is 2.16. The van der Waals surface area contributed by atoms with Gasteiger partial charge in [0.1, 0.15) is 0 Å². The molecule has 1 aliphatic rings. The molecule has 0 radical (unpaired) electrons. The molecule has 0 saturated heterocycles. The van der Waals surface area contributed by atoms with E-state index in [0.717, 1.165) is 12.8 Å². The van der Waals surface area contributed by atoms with Crippen LogP contribution in [0, 0.1) is 5.92 Å². The molecule has 0 aliphatic heterocycles. The monoisotopic (exact) mass is 236 g/mol. The molecule has 2 nitrogen and oxygen atoms in total. The Morgan fingerprint density at radius 1 is 1.38 bits per heavy atom. The maximum Gasteiger partial charge on any atom is 0.401 e. The SMILES string of the molecule is CCCN(CC1C=CC(N)C1)CC(F)(F)F. The van der Waals surface area contributed by atoms with Gasteiger partial charge < -0.3 is 5.73 Å². The van der Waals surface area contributed by atoms with Crippen LogP contribution in [0.25, 0.3) is 0 Å². The largest absolute Gasteiger partial charge is 0.401 e. The molecule has 0 aromatic heterocycles. The van der Waals surface area contributed by atoms with Crippen molar-refractivity contribution >= 4 is 0 Å². The molecule has 1 aliphatic carbocycles. The van der Waals surface area contributed by atoms with Gasteiger partial charge in [-0.25, -0.2) is 0 Å². The first-order valence-electron chi connectivity index (χ1n) is 5.63. The van der Waals surface area contributed by atoms with Gasteiger partial charge in [0.15, 0.2) is 0 Å². The van der Waals surface area contributed by atoms with Crippen molar-refractivity contribution in [3.05, 3.63) is 12.2 Å². The molecule has 2 N–H and O–H groups in total. The Kier molecular flexibility index (Phi) is 4.80. The molecule has 16 heavy (non-hydrogen) atoms. The van der Waals surface area contributed by atoms with Crippen LogP contribution in [-0.2, 0) is 0 Å². The van der Waals surface area contributed by atoms with E-state index in [1.54, 1.807) is 0 Å². The van der Waals surface area contributed by atoms with Gasteiger partial charge in [0.2, 0.25) is 0 Å². The van der Waals surface area contributed by atoms with Gasteiger partial charge in [-0.3, -0.25) is 4.90 Å². The van der Waals surface area contributed by atoms with E-state index in [4.69, 9.17) is 5.73 Å². The van der Waals surface area contributed by atoms with Crippen LogP contribution < -0.4 is 5.73 Å². The summed E-state index contributed by atoms with van der Waals surface area (Å²) >= 11 is 0. The molecule has 0 bridgehead atoms.